The highest BCUT2D eigenvalue weighted by molar-refractivity contribution is 7.99. The van der Waals surface area contributed by atoms with Crippen LogP contribution in [0, 0.1) is 5.92 Å². The number of carbonyl (C=O) groups is 1. The molecule has 1 aromatic carbocycles. The summed E-state index contributed by atoms with van der Waals surface area (Å²) in [4.78, 5) is 15.0. The van der Waals surface area contributed by atoms with E-state index in [1.54, 1.807) is 6.26 Å². The first-order valence-electron chi connectivity index (χ1n) is 10.8. The van der Waals surface area contributed by atoms with E-state index < -0.39 is 0 Å². The zero-order valence-electron chi connectivity index (χ0n) is 18.0. The summed E-state index contributed by atoms with van der Waals surface area (Å²) in [7, 11) is 0. The van der Waals surface area contributed by atoms with Crippen molar-refractivity contribution in [2.75, 3.05) is 23.7 Å². The van der Waals surface area contributed by atoms with E-state index in [0.717, 1.165) is 48.4 Å². The first-order chi connectivity index (χ1) is 15.1. The van der Waals surface area contributed by atoms with E-state index in [1.165, 1.54) is 11.8 Å². The van der Waals surface area contributed by atoms with Gasteiger partial charge in [0.1, 0.15) is 5.76 Å². The third kappa shape index (κ3) is 5.31. The molecule has 1 aliphatic heterocycles. The molecule has 3 aromatic rings. The zero-order chi connectivity index (χ0) is 21.6. The molecule has 1 amide bonds. The molecule has 3 heterocycles. The van der Waals surface area contributed by atoms with Gasteiger partial charge in [-0.2, -0.15) is 0 Å². The van der Waals surface area contributed by atoms with Crippen molar-refractivity contribution in [2.45, 2.75) is 44.4 Å². The fourth-order valence-electron chi connectivity index (χ4n) is 3.88. The number of hydrogen-bond donors (Lipinski definition) is 1. The van der Waals surface area contributed by atoms with Crippen molar-refractivity contribution in [1.82, 2.24) is 20.1 Å². The van der Waals surface area contributed by atoms with Crippen LogP contribution in [0.2, 0.25) is 0 Å². The van der Waals surface area contributed by atoms with Crippen LogP contribution in [0.5, 0.6) is 0 Å². The molecule has 4 rings (SSSR count). The average Bonchev–Trinajstić information content (AvgIpc) is 3.54. The maximum Gasteiger partial charge on any atom is 0.230 e. The minimum atomic E-state index is -0.0181. The van der Waals surface area contributed by atoms with E-state index in [4.69, 9.17) is 4.42 Å². The highest BCUT2D eigenvalue weighted by atomic mass is 32.2. The monoisotopic (exact) mass is 439 g/mol. The number of amides is 1. The molecule has 1 unspecified atom stereocenters. The second-order valence-electron chi connectivity index (χ2n) is 8.13. The molecule has 1 atom stereocenters. The third-order valence-corrected chi connectivity index (χ3v) is 6.42. The Morgan fingerprint density at radius 3 is 2.58 bits per heavy atom. The van der Waals surface area contributed by atoms with Crippen molar-refractivity contribution < 1.29 is 9.21 Å². The van der Waals surface area contributed by atoms with E-state index >= 15 is 0 Å². The molecular weight excluding hydrogens is 410 g/mol. The van der Waals surface area contributed by atoms with Crippen LogP contribution in [0.25, 0.3) is 0 Å². The van der Waals surface area contributed by atoms with Gasteiger partial charge in [-0.25, -0.2) is 0 Å². The number of benzene rings is 1. The minimum absolute atomic E-state index is 0.0113. The molecule has 7 nitrogen and oxygen atoms in total. The second kappa shape index (κ2) is 10.0. The van der Waals surface area contributed by atoms with Gasteiger partial charge < -0.3 is 14.6 Å². The Morgan fingerprint density at radius 2 is 1.90 bits per heavy atom. The molecule has 1 saturated heterocycles. The van der Waals surface area contributed by atoms with Crippen molar-refractivity contribution in [1.29, 1.82) is 0 Å². The smallest absolute Gasteiger partial charge is 0.230 e. The molecule has 0 radical (unpaired) electrons. The molecule has 0 aliphatic carbocycles. The van der Waals surface area contributed by atoms with Gasteiger partial charge in [0.25, 0.3) is 0 Å². The standard InChI is InChI=1S/C23H29N5O2S/c1-17(2)21(18-9-4-3-5-10-18)24-20(29)16-31-23-26-25-22(27-12-6-7-13-27)28(23)15-19-11-8-14-30-19/h3-5,8-11,14,17,21H,6-7,12-13,15-16H2,1-2H3,(H,24,29). The second-order valence-corrected chi connectivity index (χ2v) is 9.07. The SMILES string of the molecule is CC(C)C(NC(=O)CSc1nnc(N2CCCC2)n1Cc1ccco1)c1ccccc1. The maximum absolute atomic E-state index is 12.8. The number of furan rings is 1. The van der Waals surface area contributed by atoms with Crippen LogP contribution in [-0.2, 0) is 11.3 Å². The molecule has 8 heteroatoms. The number of hydrogen-bond acceptors (Lipinski definition) is 6. The van der Waals surface area contributed by atoms with Crippen LogP contribution in [0.1, 0.15) is 44.1 Å². The Morgan fingerprint density at radius 1 is 1.13 bits per heavy atom. The molecule has 1 N–H and O–H groups in total. The van der Waals surface area contributed by atoms with E-state index in [0.29, 0.717) is 12.5 Å². The molecular formula is C23H29N5O2S. The minimum Gasteiger partial charge on any atom is -0.467 e. The van der Waals surface area contributed by atoms with Gasteiger partial charge in [0.15, 0.2) is 5.16 Å². The molecule has 1 aliphatic rings. The number of nitrogens with one attached hydrogen (secondary N) is 1. The summed E-state index contributed by atoms with van der Waals surface area (Å²) >= 11 is 1.41. The average molecular weight is 440 g/mol. The van der Waals surface area contributed by atoms with Crippen molar-refractivity contribution in [2.24, 2.45) is 5.92 Å². The molecule has 0 spiro atoms. The Bertz CT molecular complexity index is 965. The predicted octanol–water partition coefficient (Wildman–Crippen LogP) is 4.13. The summed E-state index contributed by atoms with van der Waals surface area (Å²) in [5.41, 5.74) is 1.12. The van der Waals surface area contributed by atoms with Crippen LogP contribution in [-0.4, -0.2) is 39.5 Å². The molecule has 164 valence electrons. The van der Waals surface area contributed by atoms with Gasteiger partial charge in [-0.3, -0.25) is 9.36 Å². The predicted molar refractivity (Wildman–Crippen MR) is 122 cm³/mol. The fourth-order valence-corrected chi connectivity index (χ4v) is 4.62. The summed E-state index contributed by atoms with van der Waals surface area (Å²) in [6, 6.07) is 13.9. The van der Waals surface area contributed by atoms with Crippen molar-refractivity contribution >= 4 is 23.6 Å². The third-order valence-electron chi connectivity index (χ3n) is 5.45. The summed E-state index contributed by atoms with van der Waals surface area (Å²) in [6.45, 7) is 6.75. The molecule has 31 heavy (non-hydrogen) atoms. The zero-order valence-corrected chi connectivity index (χ0v) is 18.8. The Hall–Kier alpha value is -2.74. The number of carbonyl (C=O) groups excluding carboxylic acids is 1. The number of nitrogens with zero attached hydrogens (tertiary/aromatic N) is 4. The van der Waals surface area contributed by atoms with Crippen LogP contribution < -0.4 is 10.2 Å². The fraction of sp³-hybridized carbons (Fsp3) is 0.435. The van der Waals surface area contributed by atoms with E-state index in [-0.39, 0.29) is 17.7 Å². The van der Waals surface area contributed by atoms with Gasteiger partial charge in [-0.15, -0.1) is 10.2 Å². The summed E-state index contributed by atoms with van der Waals surface area (Å²) < 4.78 is 7.60. The number of aromatic nitrogens is 3. The lowest BCUT2D eigenvalue weighted by Gasteiger charge is -2.23. The lowest BCUT2D eigenvalue weighted by Crippen LogP contribution is -2.33. The Kier molecular flexibility index (Phi) is 6.96. The van der Waals surface area contributed by atoms with Crippen LogP contribution in [0.4, 0.5) is 5.95 Å². The summed E-state index contributed by atoms with van der Waals surface area (Å²) in [6.07, 6.45) is 3.99. The van der Waals surface area contributed by atoms with Gasteiger partial charge in [0.2, 0.25) is 11.9 Å². The Balaban J connectivity index is 1.45. The van der Waals surface area contributed by atoms with Gasteiger partial charge in [-0.1, -0.05) is 55.9 Å². The number of thioether (sulfide) groups is 1. The van der Waals surface area contributed by atoms with E-state index in [1.807, 2.05) is 30.3 Å². The Labute approximate surface area is 187 Å². The quantitative estimate of drug-likeness (QED) is 0.506. The number of rotatable bonds is 9. The van der Waals surface area contributed by atoms with Gasteiger partial charge in [0, 0.05) is 13.1 Å². The van der Waals surface area contributed by atoms with Gasteiger partial charge >= 0.3 is 0 Å². The van der Waals surface area contributed by atoms with Crippen LogP contribution in [0.3, 0.4) is 0 Å². The number of anilines is 1. The highest BCUT2D eigenvalue weighted by Gasteiger charge is 2.23. The van der Waals surface area contributed by atoms with Crippen molar-refractivity contribution in [3.05, 3.63) is 60.1 Å². The highest BCUT2D eigenvalue weighted by Crippen LogP contribution is 2.27. The molecule has 0 bridgehead atoms. The van der Waals surface area contributed by atoms with Crippen LogP contribution in [0.15, 0.2) is 58.3 Å². The van der Waals surface area contributed by atoms with Crippen molar-refractivity contribution in [3.63, 3.8) is 0 Å². The van der Waals surface area contributed by atoms with Crippen LogP contribution >= 0.6 is 11.8 Å². The summed E-state index contributed by atoms with van der Waals surface area (Å²) in [5.74, 6) is 2.26. The normalized spacial score (nSPS) is 14.9. The molecule has 0 saturated carbocycles. The van der Waals surface area contributed by atoms with Gasteiger partial charge in [-0.05, 0) is 36.5 Å². The topological polar surface area (TPSA) is 76.2 Å². The van der Waals surface area contributed by atoms with Crippen molar-refractivity contribution in [3.8, 4) is 0 Å². The molecule has 2 aromatic heterocycles. The van der Waals surface area contributed by atoms with Gasteiger partial charge in [0.05, 0.1) is 24.6 Å². The maximum atomic E-state index is 12.8. The largest absolute Gasteiger partial charge is 0.467 e. The lowest BCUT2D eigenvalue weighted by molar-refractivity contribution is -0.119. The van der Waals surface area contributed by atoms with E-state index in [9.17, 15) is 4.79 Å². The first kappa shape index (κ1) is 21.5. The van der Waals surface area contributed by atoms with E-state index in [2.05, 4.69) is 51.0 Å². The first-order valence-corrected chi connectivity index (χ1v) is 11.8. The molecule has 1 fully saturated rings. The lowest BCUT2D eigenvalue weighted by atomic mass is 9.96. The summed E-state index contributed by atoms with van der Waals surface area (Å²) in [5, 5.41) is 12.8.